The molecular weight excluding hydrogens is 389 g/mol. The summed E-state index contributed by atoms with van der Waals surface area (Å²) >= 11 is 12.4. The number of allylic oxidation sites excluding steroid dienone is 2. The minimum Gasteiger partial charge on any atom is -0.390 e. The van der Waals surface area contributed by atoms with Crippen molar-refractivity contribution >= 4 is 41.1 Å². The average Bonchev–Trinajstić information content (AvgIpc) is 2.73. The van der Waals surface area contributed by atoms with Gasteiger partial charge in [-0.3, -0.25) is 0 Å². The van der Waals surface area contributed by atoms with E-state index in [1.165, 1.54) is 0 Å². The van der Waals surface area contributed by atoms with E-state index in [0.29, 0.717) is 21.3 Å². The molecule has 0 bridgehead atoms. The van der Waals surface area contributed by atoms with Gasteiger partial charge in [0.25, 0.3) is 0 Å². The van der Waals surface area contributed by atoms with Gasteiger partial charge in [0.15, 0.2) is 0 Å². The van der Waals surface area contributed by atoms with Crippen molar-refractivity contribution < 1.29 is 4.84 Å². The summed E-state index contributed by atoms with van der Waals surface area (Å²) in [6, 6.07) is 25.4. The van der Waals surface area contributed by atoms with E-state index in [1.807, 2.05) is 85.0 Å². The molecular formula is C24H19Cl2NO. The van der Waals surface area contributed by atoms with Crippen molar-refractivity contribution in [3.63, 3.8) is 0 Å². The van der Waals surface area contributed by atoms with Crippen LogP contribution in [0.25, 0.3) is 12.2 Å². The summed E-state index contributed by atoms with van der Waals surface area (Å²) in [5, 5.41) is 5.38. The first kappa shape index (κ1) is 19.9. The van der Waals surface area contributed by atoms with Gasteiger partial charge in [-0.2, -0.15) is 0 Å². The maximum absolute atomic E-state index is 6.19. The first-order valence-corrected chi connectivity index (χ1v) is 9.57. The van der Waals surface area contributed by atoms with Crippen LogP contribution in [0.5, 0.6) is 0 Å². The Bertz CT molecular complexity index is 908. The highest BCUT2D eigenvalue weighted by Crippen LogP contribution is 2.25. The average molecular weight is 408 g/mol. The normalized spacial score (nSPS) is 11.1. The lowest BCUT2D eigenvalue weighted by Crippen LogP contribution is -1.94. The molecule has 0 saturated carbocycles. The van der Waals surface area contributed by atoms with E-state index in [1.54, 1.807) is 18.2 Å². The molecule has 0 saturated heterocycles. The molecule has 0 unspecified atom stereocenters. The van der Waals surface area contributed by atoms with Gasteiger partial charge in [-0.15, -0.1) is 0 Å². The van der Waals surface area contributed by atoms with Crippen LogP contribution in [0.3, 0.4) is 0 Å². The maximum Gasteiger partial charge on any atom is 0.145 e. The molecule has 3 aromatic carbocycles. The van der Waals surface area contributed by atoms with Crippen molar-refractivity contribution in [2.24, 2.45) is 5.16 Å². The van der Waals surface area contributed by atoms with Gasteiger partial charge >= 0.3 is 0 Å². The van der Waals surface area contributed by atoms with Crippen LogP contribution < -0.4 is 0 Å². The molecule has 0 aliphatic carbocycles. The van der Waals surface area contributed by atoms with Gasteiger partial charge in [0.2, 0.25) is 0 Å². The standard InChI is InChI=1S/C24H19Cl2NO/c25-23-12-7-13-24(26)22(23)18-28-27-21(16-14-19-8-3-1-4-9-19)17-15-20-10-5-2-6-11-20/h1-17H,18H2/b16-14+,17-15+. The van der Waals surface area contributed by atoms with Crippen LogP contribution in [0, 0.1) is 0 Å². The minimum absolute atomic E-state index is 0.195. The molecule has 0 heterocycles. The summed E-state index contributed by atoms with van der Waals surface area (Å²) in [6.07, 6.45) is 7.78. The molecule has 0 fully saturated rings. The lowest BCUT2D eigenvalue weighted by atomic mass is 10.1. The van der Waals surface area contributed by atoms with Crippen molar-refractivity contribution in [1.82, 2.24) is 0 Å². The van der Waals surface area contributed by atoms with E-state index in [2.05, 4.69) is 5.16 Å². The molecule has 0 atom stereocenters. The molecule has 3 rings (SSSR count). The number of benzene rings is 3. The highest BCUT2D eigenvalue weighted by atomic mass is 35.5. The van der Waals surface area contributed by atoms with E-state index in [9.17, 15) is 0 Å². The van der Waals surface area contributed by atoms with Crippen LogP contribution in [0.4, 0.5) is 0 Å². The highest BCUT2D eigenvalue weighted by molar-refractivity contribution is 6.35. The van der Waals surface area contributed by atoms with Crippen molar-refractivity contribution in [2.45, 2.75) is 6.61 Å². The van der Waals surface area contributed by atoms with Crippen molar-refractivity contribution in [3.05, 3.63) is 118 Å². The van der Waals surface area contributed by atoms with Gasteiger partial charge in [0.1, 0.15) is 12.3 Å². The molecule has 3 aromatic rings. The fourth-order valence-electron chi connectivity index (χ4n) is 2.45. The summed E-state index contributed by atoms with van der Waals surface area (Å²) in [5.41, 5.74) is 3.55. The zero-order valence-corrected chi connectivity index (χ0v) is 16.6. The van der Waals surface area contributed by atoms with Gasteiger partial charge in [0, 0.05) is 15.6 Å². The third-order valence-electron chi connectivity index (χ3n) is 3.93. The van der Waals surface area contributed by atoms with Gasteiger partial charge in [-0.1, -0.05) is 107 Å². The smallest absolute Gasteiger partial charge is 0.145 e. The van der Waals surface area contributed by atoms with E-state index in [4.69, 9.17) is 28.0 Å². The van der Waals surface area contributed by atoms with Crippen LogP contribution in [0.1, 0.15) is 16.7 Å². The fourth-order valence-corrected chi connectivity index (χ4v) is 2.96. The summed E-state index contributed by atoms with van der Waals surface area (Å²) in [4.78, 5) is 5.54. The first-order chi connectivity index (χ1) is 13.7. The molecule has 0 amide bonds. The monoisotopic (exact) mass is 407 g/mol. The highest BCUT2D eigenvalue weighted by Gasteiger charge is 2.05. The first-order valence-electron chi connectivity index (χ1n) is 8.81. The van der Waals surface area contributed by atoms with Gasteiger partial charge in [0.05, 0.1) is 0 Å². The molecule has 2 nitrogen and oxygen atoms in total. The molecule has 0 aliphatic heterocycles. The number of nitrogens with zero attached hydrogens (tertiary/aromatic N) is 1. The van der Waals surface area contributed by atoms with Crippen LogP contribution in [-0.2, 0) is 11.4 Å². The third-order valence-corrected chi connectivity index (χ3v) is 4.64. The van der Waals surface area contributed by atoms with Gasteiger partial charge in [-0.05, 0) is 35.4 Å². The maximum atomic E-state index is 6.19. The summed E-state index contributed by atoms with van der Waals surface area (Å²) in [5.74, 6) is 0. The molecule has 140 valence electrons. The Labute approximate surface area is 175 Å². The number of oxime groups is 1. The zero-order chi connectivity index (χ0) is 19.6. The molecule has 0 N–H and O–H groups in total. The number of halogens is 2. The Morgan fingerprint density at radius 1 is 0.714 bits per heavy atom. The molecule has 0 aliphatic rings. The van der Waals surface area contributed by atoms with Crippen molar-refractivity contribution in [2.75, 3.05) is 0 Å². The Morgan fingerprint density at radius 3 is 1.71 bits per heavy atom. The second-order valence-corrected chi connectivity index (χ2v) is 6.79. The Morgan fingerprint density at radius 2 is 1.21 bits per heavy atom. The molecule has 28 heavy (non-hydrogen) atoms. The Hall–Kier alpha value is -2.81. The zero-order valence-electron chi connectivity index (χ0n) is 15.1. The second kappa shape index (κ2) is 10.5. The van der Waals surface area contributed by atoms with Crippen LogP contribution in [0.15, 0.2) is 96.2 Å². The van der Waals surface area contributed by atoms with E-state index >= 15 is 0 Å². The topological polar surface area (TPSA) is 21.6 Å². The number of hydrogen-bond donors (Lipinski definition) is 0. The molecule has 0 radical (unpaired) electrons. The quantitative estimate of drug-likeness (QED) is 0.297. The predicted molar refractivity (Wildman–Crippen MR) is 120 cm³/mol. The van der Waals surface area contributed by atoms with Crippen LogP contribution >= 0.6 is 23.2 Å². The van der Waals surface area contributed by atoms with Crippen molar-refractivity contribution in [1.29, 1.82) is 0 Å². The largest absolute Gasteiger partial charge is 0.390 e. The van der Waals surface area contributed by atoms with Crippen LogP contribution in [0.2, 0.25) is 10.0 Å². The Balaban J connectivity index is 1.77. The second-order valence-electron chi connectivity index (χ2n) is 5.98. The SMILES string of the molecule is Clc1cccc(Cl)c1CON=C(/C=C/c1ccccc1)/C=C/c1ccccc1. The Kier molecular flexibility index (Phi) is 7.48. The predicted octanol–water partition coefficient (Wildman–Crippen LogP) is 7.29. The number of hydrogen-bond acceptors (Lipinski definition) is 2. The molecule has 0 spiro atoms. The summed E-state index contributed by atoms with van der Waals surface area (Å²) < 4.78 is 0. The minimum atomic E-state index is 0.195. The van der Waals surface area contributed by atoms with E-state index in [-0.39, 0.29) is 6.61 Å². The van der Waals surface area contributed by atoms with Gasteiger partial charge in [-0.25, -0.2) is 0 Å². The molecule has 0 aromatic heterocycles. The van der Waals surface area contributed by atoms with Gasteiger partial charge < -0.3 is 4.84 Å². The summed E-state index contributed by atoms with van der Waals surface area (Å²) in [6.45, 7) is 0.195. The third kappa shape index (κ3) is 6.12. The van der Waals surface area contributed by atoms with Crippen molar-refractivity contribution in [3.8, 4) is 0 Å². The fraction of sp³-hybridized carbons (Fsp3) is 0.0417. The number of rotatable bonds is 7. The lowest BCUT2D eigenvalue weighted by Gasteiger charge is -2.05. The van der Waals surface area contributed by atoms with Crippen LogP contribution in [-0.4, -0.2) is 5.71 Å². The van der Waals surface area contributed by atoms with E-state index < -0.39 is 0 Å². The summed E-state index contributed by atoms with van der Waals surface area (Å²) in [7, 11) is 0. The molecule has 4 heteroatoms. The lowest BCUT2D eigenvalue weighted by molar-refractivity contribution is 0.131. The van der Waals surface area contributed by atoms with E-state index in [0.717, 1.165) is 11.1 Å².